The minimum Gasteiger partial charge on any atom is -0.507 e. The van der Waals surface area contributed by atoms with Crippen molar-refractivity contribution >= 4 is 11.5 Å². The van der Waals surface area contributed by atoms with Crippen LogP contribution in [0.1, 0.15) is 70.7 Å². The number of nitriles is 1. The van der Waals surface area contributed by atoms with Crippen molar-refractivity contribution in [1.29, 1.82) is 5.26 Å². The van der Waals surface area contributed by atoms with Gasteiger partial charge in [0.2, 0.25) is 5.75 Å². The maximum Gasteiger partial charge on any atom is 0.349 e. The average Bonchev–Trinajstić information content (AvgIpc) is 2.80. The van der Waals surface area contributed by atoms with E-state index in [2.05, 4.69) is 0 Å². The first-order valence-electron chi connectivity index (χ1n) is 11.7. The molecule has 0 fully saturated rings. The van der Waals surface area contributed by atoms with Gasteiger partial charge in [-0.15, -0.1) is 0 Å². The number of benzene rings is 2. The van der Waals surface area contributed by atoms with Crippen LogP contribution in [0, 0.1) is 11.3 Å². The molecule has 0 radical (unpaired) electrons. The summed E-state index contributed by atoms with van der Waals surface area (Å²) in [6, 6.07) is 9.06. The molecular weight excluding hydrogens is 458 g/mol. The van der Waals surface area contributed by atoms with Crippen LogP contribution in [-0.4, -0.2) is 39.0 Å². The summed E-state index contributed by atoms with van der Waals surface area (Å²) in [7, 11) is 4.50. The van der Waals surface area contributed by atoms with Crippen LogP contribution < -0.4 is 14.2 Å². The van der Waals surface area contributed by atoms with Crippen LogP contribution >= 0.6 is 0 Å². The summed E-state index contributed by atoms with van der Waals surface area (Å²) < 4.78 is 21.8. The fourth-order valence-corrected chi connectivity index (χ4v) is 4.01. The van der Waals surface area contributed by atoms with Gasteiger partial charge in [0.25, 0.3) is 0 Å². The third-order valence-electron chi connectivity index (χ3n) is 5.81. The van der Waals surface area contributed by atoms with Gasteiger partial charge >= 0.3 is 5.97 Å². The molecule has 2 rings (SSSR count). The molecule has 0 aliphatic heterocycles. The van der Waals surface area contributed by atoms with Crippen molar-refractivity contribution < 1.29 is 28.8 Å². The second-order valence-corrected chi connectivity index (χ2v) is 10.4. The average molecular weight is 496 g/mol. The Balaban J connectivity index is 3.14. The van der Waals surface area contributed by atoms with Crippen molar-refractivity contribution in [1.82, 2.24) is 0 Å². The van der Waals surface area contributed by atoms with Gasteiger partial charge in [-0.05, 0) is 53.1 Å². The molecule has 2 aromatic carbocycles. The SMILES string of the molecule is CCOC(=O)C(C#N)=C(c1cc(OC)c(OC)c(OC)c1)c1cc(C(C)(C)C)c(O)c(C(C)(C)C)c1. The van der Waals surface area contributed by atoms with Crippen LogP contribution in [0.4, 0.5) is 0 Å². The van der Waals surface area contributed by atoms with Gasteiger partial charge in [0, 0.05) is 16.7 Å². The molecule has 0 amide bonds. The molecule has 2 aromatic rings. The first kappa shape index (κ1) is 28.6. The Hall–Kier alpha value is -3.66. The Morgan fingerprint density at radius 1 is 0.861 bits per heavy atom. The molecular formula is C29H37NO6. The third-order valence-corrected chi connectivity index (χ3v) is 5.81. The van der Waals surface area contributed by atoms with Crippen molar-refractivity contribution in [3.63, 3.8) is 0 Å². The number of ether oxygens (including phenoxy) is 4. The Morgan fingerprint density at radius 3 is 1.64 bits per heavy atom. The number of carbonyl (C=O) groups excluding carboxylic acids is 1. The van der Waals surface area contributed by atoms with E-state index in [-0.39, 0.29) is 17.9 Å². The van der Waals surface area contributed by atoms with Crippen LogP contribution in [0.3, 0.4) is 0 Å². The summed E-state index contributed by atoms with van der Waals surface area (Å²) in [5.41, 5.74) is 1.80. The number of aromatic hydroxyl groups is 1. The smallest absolute Gasteiger partial charge is 0.349 e. The molecule has 7 heteroatoms. The van der Waals surface area contributed by atoms with E-state index in [1.807, 2.05) is 59.7 Å². The molecule has 0 atom stereocenters. The highest BCUT2D eigenvalue weighted by Gasteiger charge is 2.30. The van der Waals surface area contributed by atoms with E-state index < -0.39 is 16.8 Å². The Bertz CT molecular complexity index is 1150. The second kappa shape index (κ2) is 10.9. The van der Waals surface area contributed by atoms with Gasteiger partial charge in [0.15, 0.2) is 11.5 Å². The molecule has 7 nitrogen and oxygen atoms in total. The summed E-state index contributed by atoms with van der Waals surface area (Å²) in [6.07, 6.45) is 0. The molecule has 0 bridgehead atoms. The minimum absolute atomic E-state index is 0.114. The van der Waals surface area contributed by atoms with Crippen molar-refractivity contribution in [3.8, 4) is 29.1 Å². The zero-order valence-corrected chi connectivity index (χ0v) is 23.0. The predicted octanol–water partition coefficient (Wildman–Crippen LogP) is 5.90. The molecule has 0 heterocycles. The summed E-state index contributed by atoms with van der Waals surface area (Å²) in [5, 5.41) is 21.4. The molecule has 194 valence electrons. The molecule has 0 saturated heterocycles. The molecule has 0 unspecified atom stereocenters. The number of nitrogens with zero attached hydrogens (tertiary/aromatic N) is 1. The number of phenolic OH excluding ortho intramolecular Hbond substituents is 1. The number of carbonyl (C=O) groups is 1. The molecule has 0 spiro atoms. The third kappa shape index (κ3) is 5.76. The van der Waals surface area contributed by atoms with E-state index in [1.54, 1.807) is 19.1 Å². The summed E-state index contributed by atoms with van der Waals surface area (Å²) in [4.78, 5) is 13.0. The quantitative estimate of drug-likeness (QED) is 0.290. The van der Waals surface area contributed by atoms with E-state index in [1.165, 1.54) is 21.3 Å². The number of esters is 1. The highest BCUT2D eigenvalue weighted by Crippen LogP contribution is 2.45. The first-order chi connectivity index (χ1) is 16.7. The molecule has 1 N–H and O–H groups in total. The number of hydrogen-bond acceptors (Lipinski definition) is 7. The van der Waals surface area contributed by atoms with E-state index in [0.29, 0.717) is 45.1 Å². The monoisotopic (exact) mass is 495 g/mol. The standard InChI is InChI=1S/C29H37NO6/c1-11-36-27(32)19(16-30)24(18-14-22(33-8)26(35-10)23(15-18)34-9)17-12-20(28(2,3)4)25(31)21(13-17)29(5,6)7/h12-15,31H,11H2,1-10H3. The fourth-order valence-electron chi connectivity index (χ4n) is 4.01. The number of hydrogen-bond donors (Lipinski definition) is 1. The highest BCUT2D eigenvalue weighted by atomic mass is 16.5. The van der Waals surface area contributed by atoms with Gasteiger partial charge in [0.1, 0.15) is 17.4 Å². The zero-order chi connectivity index (χ0) is 27.4. The Morgan fingerprint density at radius 2 is 1.31 bits per heavy atom. The lowest BCUT2D eigenvalue weighted by Gasteiger charge is -2.29. The fraction of sp³-hybridized carbons (Fsp3) is 0.448. The maximum absolute atomic E-state index is 13.0. The Labute approximate surface area is 214 Å². The lowest BCUT2D eigenvalue weighted by atomic mass is 9.77. The molecule has 0 saturated carbocycles. The van der Waals surface area contributed by atoms with Gasteiger partial charge in [-0.25, -0.2) is 4.79 Å². The van der Waals surface area contributed by atoms with Gasteiger partial charge in [-0.2, -0.15) is 5.26 Å². The van der Waals surface area contributed by atoms with Crippen molar-refractivity contribution in [3.05, 3.63) is 52.1 Å². The molecule has 0 aromatic heterocycles. The van der Waals surface area contributed by atoms with Crippen molar-refractivity contribution in [2.24, 2.45) is 0 Å². The van der Waals surface area contributed by atoms with E-state index >= 15 is 0 Å². The molecule has 36 heavy (non-hydrogen) atoms. The first-order valence-corrected chi connectivity index (χ1v) is 11.7. The number of phenols is 1. The van der Waals surface area contributed by atoms with Gasteiger partial charge < -0.3 is 24.1 Å². The maximum atomic E-state index is 13.0. The summed E-state index contributed by atoms with van der Waals surface area (Å²) in [6.45, 7) is 13.8. The normalized spacial score (nSPS) is 12.4. The number of methoxy groups -OCH3 is 3. The van der Waals surface area contributed by atoms with E-state index in [0.717, 1.165) is 0 Å². The molecule has 0 aliphatic carbocycles. The van der Waals surface area contributed by atoms with Crippen LogP contribution in [-0.2, 0) is 20.4 Å². The molecule has 0 aliphatic rings. The lowest BCUT2D eigenvalue weighted by molar-refractivity contribution is -0.137. The highest BCUT2D eigenvalue weighted by molar-refractivity contribution is 6.05. The van der Waals surface area contributed by atoms with Gasteiger partial charge in [-0.3, -0.25) is 0 Å². The van der Waals surface area contributed by atoms with Crippen molar-refractivity contribution in [2.45, 2.75) is 59.3 Å². The largest absolute Gasteiger partial charge is 0.507 e. The van der Waals surface area contributed by atoms with Crippen molar-refractivity contribution in [2.75, 3.05) is 27.9 Å². The van der Waals surface area contributed by atoms with Gasteiger partial charge in [-0.1, -0.05) is 41.5 Å². The predicted molar refractivity (Wildman–Crippen MR) is 140 cm³/mol. The van der Waals surface area contributed by atoms with Crippen LogP contribution in [0.5, 0.6) is 23.0 Å². The summed E-state index contributed by atoms with van der Waals surface area (Å²) in [5.74, 6) is 0.575. The Kier molecular flexibility index (Phi) is 8.69. The van der Waals surface area contributed by atoms with Crippen LogP contribution in [0.2, 0.25) is 0 Å². The van der Waals surface area contributed by atoms with E-state index in [4.69, 9.17) is 18.9 Å². The minimum atomic E-state index is -0.744. The van der Waals surface area contributed by atoms with E-state index in [9.17, 15) is 15.2 Å². The van der Waals surface area contributed by atoms with Crippen LogP contribution in [0.15, 0.2) is 29.8 Å². The zero-order valence-electron chi connectivity index (χ0n) is 23.0. The van der Waals surface area contributed by atoms with Gasteiger partial charge in [0.05, 0.1) is 27.9 Å². The topological polar surface area (TPSA) is 98.0 Å². The number of rotatable bonds is 7. The lowest BCUT2D eigenvalue weighted by Crippen LogP contribution is -2.18. The van der Waals surface area contributed by atoms with Crippen LogP contribution in [0.25, 0.3) is 5.57 Å². The summed E-state index contributed by atoms with van der Waals surface area (Å²) >= 11 is 0. The second-order valence-electron chi connectivity index (χ2n) is 10.4.